The van der Waals surface area contributed by atoms with Crippen LogP contribution in [0, 0.1) is 11.3 Å². The summed E-state index contributed by atoms with van der Waals surface area (Å²) in [7, 11) is 0. The highest BCUT2D eigenvalue weighted by Crippen LogP contribution is 2.28. The molecule has 0 spiro atoms. The van der Waals surface area contributed by atoms with Crippen molar-refractivity contribution in [3.8, 4) is 6.07 Å². The summed E-state index contributed by atoms with van der Waals surface area (Å²) >= 11 is 1.34. The van der Waals surface area contributed by atoms with Gasteiger partial charge in [-0.25, -0.2) is 4.79 Å². The van der Waals surface area contributed by atoms with Gasteiger partial charge in [-0.1, -0.05) is 6.92 Å². The molecule has 0 saturated heterocycles. The zero-order valence-corrected chi connectivity index (χ0v) is 10.7. The van der Waals surface area contributed by atoms with Crippen molar-refractivity contribution in [3.63, 3.8) is 0 Å². The number of hydrogen-bond donors (Lipinski definition) is 1. The molecule has 1 unspecified atom stereocenters. The molecular weight excluding hydrogens is 248 g/mol. The van der Waals surface area contributed by atoms with E-state index in [9.17, 15) is 4.79 Å². The minimum atomic E-state index is -0.687. The molecule has 1 aromatic heterocycles. The molecule has 4 nitrogen and oxygen atoms in total. The largest absolute Gasteiger partial charge is 0.443 e. The fraction of sp³-hybridized carbons (Fsp3) is 0.231. The van der Waals surface area contributed by atoms with Gasteiger partial charge in [-0.05, 0) is 36.1 Å². The summed E-state index contributed by atoms with van der Waals surface area (Å²) in [6, 6.07) is 9.14. The van der Waals surface area contributed by atoms with Crippen LogP contribution in [0.15, 0.2) is 24.3 Å². The number of carbonyl (C=O) groups excluding carboxylic acids is 1. The Labute approximate surface area is 109 Å². The van der Waals surface area contributed by atoms with Crippen molar-refractivity contribution in [1.29, 1.82) is 5.26 Å². The summed E-state index contributed by atoms with van der Waals surface area (Å²) < 4.78 is 6.05. The van der Waals surface area contributed by atoms with Gasteiger partial charge in [0.2, 0.25) is 0 Å². The maximum Gasteiger partial charge on any atom is 0.349 e. The molecule has 0 aliphatic carbocycles. The summed E-state index contributed by atoms with van der Waals surface area (Å²) in [6.07, 6.45) is -0.201. The van der Waals surface area contributed by atoms with E-state index in [2.05, 4.69) is 0 Å². The predicted molar refractivity (Wildman–Crippen MR) is 71.3 cm³/mol. The highest BCUT2D eigenvalue weighted by atomic mass is 32.1. The van der Waals surface area contributed by atoms with Crippen molar-refractivity contribution in [3.05, 3.63) is 29.1 Å². The molecule has 0 amide bonds. The summed E-state index contributed by atoms with van der Waals surface area (Å²) in [5.74, 6) is -0.455. The number of nitrogen functional groups attached to an aromatic ring is 1. The number of nitrogens with zero attached hydrogens (tertiary/aromatic N) is 1. The number of hydrogen-bond acceptors (Lipinski definition) is 5. The van der Waals surface area contributed by atoms with Crippen LogP contribution < -0.4 is 5.73 Å². The monoisotopic (exact) mass is 260 g/mol. The first-order valence-electron chi connectivity index (χ1n) is 5.53. The minimum absolute atomic E-state index is 0.455. The Kier molecular flexibility index (Phi) is 3.49. The predicted octanol–water partition coefficient (Wildman–Crippen LogP) is 2.94. The lowest BCUT2D eigenvalue weighted by Crippen LogP contribution is -2.14. The molecule has 2 N–H and O–H groups in total. The lowest BCUT2D eigenvalue weighted by atomic mass is 10.2. The third-order valence-corrected chi connectivity index (χ3v) is 3.60. The first-order valence-corrected chi connectivity index (χ1v) is 6.35. The normalized spacial score (nSPS) is 12.0. The second-order valence-electron chi connectivity index (χ2n) is 3.84. The smallest absolute Gasteiger partial charge is 0.349 e. The molecule has 1 aromatic carbocycles. The van der Waals surface area contributed by atoms with Crippen LogP contribution in [-0.4, -0.2) is 12.1 Å². The Morgan fingerprint density at radius 2 is 2.33 bits per heavy atom. The van der Waals surface area contributed by atoms with E-state index < -0.39 is 12.1 Å². The number of ether oxygens (including phenoxy) is 1. The molecule has 0 aliphatic heterocycles. The summed E-state index contributed by atoms with van der Waals surface area (Å²) in [5, 5.41) is 9.67. The molecule has 92 valence electrons. The van der Waals surface area contributed by atoms with Crippen LogP contribution >= 0.6 is 11.3 Å². The molecule has 0 fully saturated rings. The Morgan fingerprint density at radius 1 is 1.56 bits per heavy atom. The molecule has 5 heteroatoms. The standard InChI is InChI=1S/C13H12N2O2S/c1-2-10(7-14)17-13(16)12-6-8-5-9(15)3-4-11(8)18-12/h3-6,10H,2,15H2,1H3. The van der Waals surface area contributed by atoms with Gasteiger partial charge in [0.15, 0.2) is 6.10 Å². The van der Waals surface area contributed by atoms with E-state index in [1.807, 2.05) is 18.2 Å². The number of esters is 1. The second kappa shape index (κ2) is 5.07. The third kappa shape index (κ3) is 2.44. The Morgan fingerprint density at radius 3 is 3.00 bits per heavy atom. The van der Waals surface area contributed by atoms with Crippen LogP contribution in [0.3, 0.4) is 0 Å². The maximum atomic E-state index is 11.8. The van der Waals surface area contributed by atoms with Gasteiger partial charge in [0.05, 0.1) is 0 Å². The number of fused-ring (bicyclic) bond motifs is 1. The fourth-order valence-corrected chi connectivity index (χ4v) is 2.48. The molecule has 0 aliphatic rings. The zero-order valence-electron chi connectivity index (χ0n) is 9.84. The Hall–Kier alpha value is -2.06. The van der Waals surface area contributed by atoms with Crippen LogP contribution in [0.2, 0.25) is 0 Å². The van der Waals surface area contributed by atoms with E-state index in [-0.39, 0.29) is 0 Å². The first kappa shape index (κ1) is 12.4. The van der Waals surface area contributed by atoms with Gasteiger partial charge >= 0.3 is 5.97 Å². The summed E-state index contributed by atoms with van der Waals surface area (Å²) in [4.78, 5) is 12.3. The fourth-order valence-electron chi connectivity index (χ4n) is 1.55. The van der Waals surface area contributed by atoms with E-state index in [1.54, 1.807) is 19.1 Å². The van der Waals surface area contributed by atoms with E-state index in [1.165, 1.54) is 11.3 Å². The van der Waals surface area contributed by atoms with E-state index in [4.69, 9.17) is 15.7 Å². The van der Waals surface area contributed by atoms with Crippen LogP contribution in [0.1, 0.15) is 23.0 Å². The van der Waals surface area contributed by atoms with E-state index in [0.717, 1.165) is 10.1 Å². The summed E-state index contributed by atoms with van der Waals surface area (Å²) in [5.41, 5.74) is 6.33. The van der Waals surface area contributed by atoms with Gasteiger partial charge in [0.1, 0.15) is 10.9 Å². The third-order valence-electron chi connectivity index (χ3n) is 2.51. The number of nitrogens with two attached hydrogens (primary N) is 1. The topological polar surface area (TPSA) is 76.1 Å². The maximum absolute atomic E-state index is 11.8. The van der Waals surface area contributed by atoms with Gasteiger partial charge in [-0.2, -0.15) is 5.26 Å². The number of carbonyl (C=O) groups is 1. The number of thiophene rings is 1. The first-order chi connectivity index (χ1) is 8.63. The number of rotatable bonds is 3. The SMILES string of the molecule is CCC(C#N)OC(=O)c1cc2cc(N)ccc2s1. The van der Waals surface area contributed by atoms with Crippen molar-refractivity contribution >= 4 is 33.1 Å². The molecule has 2 aromatic rings. The van der Waals surface area contributed by atoms with Crippen molar-refractivity contribution in [2.75, 3.05) is 5.73 Å². The van der Waals surface area contributed by atoms with Gasteiger partial charge in [-0.15, -0.1) is 11.3 Å². The summed E-state index contributed by atoms with van der Waals surface area (Å²) in [6.45, 7) is 1.80. The molecule has 0 radical (unpaired) electrons. The molecule has 2 rings (SSSR count). The van der Waals surface area contributed by atoms with Gasteiger partial charge in [0, 0.05) is 10.4 Å². The minimum Gasteiger partial charge on any atom is -0.443 e. The average Bonchev–Trinajstić information content (AvgIpc) is 2.78. The van der Waals surface area contributed by atoms with Gasteiger partial charge < -0.3 is 10.5 Å². The van der Waals surface area contributed by atoms with Crippen molar-refractivity contribution in [2.24, 2.45) is 0 Å². The zero-order chi connectivity index (χ0) is 13.1. The number of benzene rings is 1. The van der Waals surface area contributed by atoms with Crippen LogP contribution in [0.25, 0.3) is 10.1 Å². The quantitative estimate of drug-likeness (QED) is 0.680. The van der Waals surface area contributed by atoms with Crippen LogP contribution in [0.5, 0.6) is 0 Å². The molecule has 18 heavy (non-hydrogen) atoms. The average molecular weight is 260 g/mol. The number of anilines is 1. The molecule has 1 heterocycles. The van der Waals surface area contributed by atoms with Crippen molar-refractivity contribution in [1.82, 2.24) is 0 Å². The lowest BCUT2D eigenvalue weighted by molar-refractivity contribution is 0.0407. The van der Waals surface area contributed by atoms with E-state index >= 15 is 0 Å². The molecule has 1 atom stereocenters. The lowest BCUT2D eigenvalue weighted by Gasteiger charge is -2.06. The molecular formula is C13H12N2O2S. The van der Waals surface area contributed by atoms with Crippen molar-refractivity contribution in [2.45, 2.75) is 19.4 Å². The molecule has 0 bridgehead atoms. The second-order valence-corrected chi connectivity index (χ2v) is 4.92. The van der Waals surface area contributed by atoms with Crippen LogP contribution in [0.4, 0.5) is 5.69 Å². The molecule has 0 saturated carbocycles. The Bertz CT molecular complexity index is 627. The Balaban J connectivity index is 2.26. The highest BCUT2D eigenvalue weighted by Gasteiger charge is 2.16. The van der Waals surface area contributed by atoms with Gasteiger partial charge in [0.25, 0.3) is 0 Å². The van der Waals surface area contributed by atoms with Gasteiger partial charge in [-0.3, -0.25) is 0 Å². The van der Waals surface area contributed by atoms with E-state index in [0.29, 0.717) is 17.0 Å². The van der Waals surface area contributed by atoms with Crippen molar-refractivity contribution < 1.29 is 9.53 Å². The highest BCUT2D eigenvalue weighted by molar-refractivity contribution is 7.20. The number of nitriles is 1. The van der Waals surface area contributed by atoms with Crippen LogP contribution in [-0.2, 0) is 4.74 Å².